The zero-order valence-electron chi connectivity index (χ0n) is 12.0. The number of carbonyl (C=O) groups is 1. The van der Waals surface area contributed by atoms with Gasteiger partial charge in [0.15, 0.2) is 5.13 Å². The first-order chi connectivity index (χ1) is 10.7. The number of thiazole rings is 1. The summed E-state index contributed by atoms with van der Waals surface area (Å²) >= 11 is 1.38. The van der Waals surface area contributed by atoms with Crippen LogP contribution in [0.25, 0.3) is 5.57 Å². The maximum absolute atomic E-state index is 12.2. The van der Waals surface area contributed by atoms with E-state index in [-0.39, 0.29) is 11.8 Å². The average Bonchev–Trinajstić information content (AvgIpc) is 3.07. The van der Waals surface area contributed by atoms with Gasteiger partial charge in [-0.05, 0) is 25.3 Å². The van der Waals surface area contributed by atoms with E-state index in [1.807, 2.05) is 24.3 Å². The molecule has 112 valence electrons. The Morgan fingerprint density at radius 1 is 1.14 bits per heavy atom. The predicted molar refractivity (Wildman–Crippen MR) is 84.6 cm³/mol. The first kappa shape index (κ1) is 13.5. The Balaban J connectivity index is 1.83. The van der Waals surface area contributed by atoms with Gasteiger partial charge in [0.25, 0.3) is 5.91 Å². The Labute approximate surface area is 131 Å². The number of aromatic nitrogens is 1. The number of hydrogen-bond acceptors (Lipinski definition) is 5. The van der Waals surface area contributed by atoms with Crippen molar-refractivity contribution in [1.29, 1.82) is 0 Å². The highest BCUT2D eigenvalue weighted by Gasteiger charge is 2.26. The number of aromatic hydroxyl groups is 1. The molecule has 1 amide bonds. The Bertz CT molecular complexity index is 866. The zero-order valence-corrected chi connectivity index (χ0v) is 12.8. The highest BCUT2D eigenvalue weighted by Crippen LogP contribution is 2.36. The highest BCUT2D eigenvalue weighted by atomic mass is 32.1. The van der Waals surface area contributed by atoms with Gasteiger partial charge < -0.3 is 10.0 Å². The van der Waals surface area contributed by atoms with E-state index >= 15 is 0 Å². The summed E-state index contributed by atoms with van der Waals surface area (Å²) in [4.78, 5) is 23.3. The molecule has 2 aliphatic heterocycles. The number of piperidine rings is 1. The van der Waals surface area contributed by atoms with Crippen molar-refractivity contribution >= 4 is 27.9 Å². The monoisotopic (exact) mass is 313 g/mol. The molecule has 6 heteroatoms. The molecule has 22 heavy (non-hydrogen) atoms. The molecule has 1 N–H and O–H groups in total. The fraction of sp³-hybridized carbons (Fsp3) is 0.312. The van der Waals surface area contributed by atoms with Crippen molar-refractivity contribution in [2.24, 2.45) is 4.99 Å². The summed E-state index contributed by atoms with van der Waals surface area (Å²) in [6, 6.07) is 7.39. The topological polar surface area (TPSA) is 65.8 Å². The SMILES string of the molecule is O=C1N=c2ccccc2=C1c1sc(N2CCCCC2)nc1O. The van der Waals surface area contributed by atoms with Crippen LogP contribution in [0.4, 0.5) is 5.13 Å². The molecule has 0 spiro atoms. The number of fused-ring (bicyclic) bond motifs is 1. The van der Waals surface area contributed by atoms with E-state index in [1.54, 1.807) is 0 Å². The molecule has 4 rings (SSSR count). The van der Waals surface area contributed by atoms with Crippen molar-refractivity contribution in [2.75, 3.05) is 18.0 Å². The van der Waals surface area contributed by atoms with Gasteiger partial charge in [0.2, 0.25) is 5.88 Å². The Kier molecular flexibility index (Phi) is 3.18. The van der Waals surface area contributed by atoms with Crippen LogP contribution in [0.1, 0.15) is 24.1 Å². The fourth-order valence-electron chi connectivity index (χ4n) is 2.97. The van der Waals surface area contributed by atoms with E-state index in [4.69, 9.17) is 0 Å². The number of rotatable bonds is 2. The molecule has 3 heterocycles. The molecular formula is C16H15N3O2S. The van der Waals surface area contributed by atoms with E-state index in [9.17, 15) is 9.90 Å². The van der Waals surface area contributed by atoms with Crippen molar-refractivity contribution in [3.8, 4) is 5.88 Å². The van der Waals surface area contributed by atoms with Gasteiger partial charge in [-0.1, -0.05) is 29.5 Å². The Morgan fingerprint density at radius 3 is 2.73 bits per heavy atom. The van der Waals surface area contributed by atoms with Crippen LogP contribution in [-0.2, 0) is 4.79 Å². The summed E-state index contributed by atoms with van der Waals surface area (Å²) < 4.78 is 0. The molecule has 2 aliphatic rings. The minimum atomic E-state index is -0.301. The standard InChI is InChI=1S/C16H15N3O2S/c20-14-12(10-6-2-3-7-11(10)17-14)13-15(21)18-16(22-13)19-8-4-1-5-9-19/h2-3,6-7,21H,1,4-5,8-9H2. The predicted octanol–water partition coefficient (Wildman–Crippen LogP) is 1.20. The molecule has 0 saturated carbocycles. The molecule has 5 nitrogen and oxygen atoms in total. The van der Waals surface area contributed by atoms with Crippen LogP contribution in [0.15, 0.2) is 29.3 Å². The lowest BCUT2D eigenvalue weighted by atomic mass is 10.1. The third kappa shape index (κ3) is 2.11. The van der Waals surface area contributed by atoms with Crippen LogP contribution in [0.3, 0.4) is 0 Å². The number of anilines is 1. The Hall–Kier alpha value is -2.21. The van der Waals surface area contributed by atoms with Crippen molar-refractivity contribution < 1.29 is 9.90 Å². The van der Waals surface area contributed by atoms with Gasteiger partial charge >= 0.3 is 0 Å². The van der Waals surface area contributed by atoms with Crippen LogP contribution < -0.4 is 15.5 Å². The smallest absolute Gasteiger partial charge is 0.279 e. The van der Waals surface area contributed by atoms with Gasteiger partial charge in [0.05, 0.1) is 10.9 Å². The van der Waals surface area contributed by atoms with Crippen molar-refractivity contribution in [2.45, 2.75) is 19.3 Å². The zero-order chi connectivity index (χ0) is 15.1. The van der Waals surface area contributed by atoms with Gasteiger partial charge in [-0.2, -0.15) is 4.98 Å². The second kappa shape index (κ2) is 5.21. The summed E-state index contributed by atoms with van der Waals surface area (Å²) in [7, 11) is 0. The average molecular weight is 313 g/mol. The lowest BCUT2D eigenvalue weighted by Crippen LogP contribution is -2.29. The summed E-state index contributed by atoms with van der Waals surface area (Å²) in [6.07, 6.45) is 3.52. The number of amides is 1. The van der Waals surface area contributed by atoms with E-state index < -0.39 is 0 Å². The molecule has 0 bridgehead atoms. The highest BCUT2D eigenvalue weighted by molar-refractivity contribution is 7.17. The molecule has 1 saturated heterocycles. The fourth-order valence-corrected chi connectivity index (χ4v) is 4.03. The van der Waals surface area contributed by atoms with Gasteiger partial charge in [-0.15, -0.1) is 0 Å². The van der Waals surface area contributed by atoms with Crippen LogP contribution in [0.2, 0.25) is 0 Å². The van der Waals surface area contributed by atoms with E-state index in [0.29, 0.717) is 15.8 Å². The number of para-hydroxylation sites is 1. The van der Waals surface area contributed by atoms with Crippen LogP contribution in [0, 0.1) is 0 Å². The van der Waals surface area contributed by atoms with E-state index in [0.717, 1.165) is 36.3 Å². The lowest BCUT2D eigenvalue weighted by Gasteiger charge is -2.25. The van der Waals surface area contributed by atoms with Gasteiger partial charge in [0, 0.05) is 18.3 Å². The number of benzene rings is 1. The van der Waals surface area contributed by atoms with Crippen LogP contribution >= 0.6 is 11.3 Å². The van der Waals surface area contributed by atoms with Crippen molar-refractivity contribution in [3.05, 3.63) is 39.7 Å². The maximum Gasteiger partial charge on any atom is 0.279 e. The lowest BCUT2D eigenvalue weighted by molar-refractivity contribution is -0.112. The third-order valence-corrected chi connectivity index (χ3v) is 5.18. The summed E-state index contributed by atoms with van der Waals surface area (Å²) in [5, 5.41) is 12.4. The molecule has 0 radical (unpaired) electrons. The molecule has 1 aromatic carbocycles. The Morgan fingerprint density at radius 2 is 1.91 bits per heavy atom. The summed E-state index contributed by atoms with van der Waals surface area (Å²) in [5.41, 5.74) is 0.467. The van der Waals surface area contributed by atoms with E-state index in [1.165, 1.54) is 17.8 Å². The first-order valence-electron chi connectivity index (χ1n) is 7.41. The second-order valence-corrected chi connectivity index (χ2v) is 6.48. The molecule has 0 aliphatic carbocycles. The molecule has 1 aromatic heterocycles. The summed E-state index contributed by atoms with van der Waals surface area (Å²) in [6.45, 7) is 1.91. The third-order valence-electron chi connectivity index (χ3n) is 4.06. The van der Waals surface area contributed by atoms with Gasteiger partial charge in [-0.25, -0.2) is 4.99 Å². The minimum Gasteiger partial charge on any atom is -0.492 e. The number of nitrogens with zero attached hydrogens (tertiary/aromatic N) is 3. The van der Waals surface area contributed by atoms with Crippen molar-refractivity contribution in [3.63, 3.8) is 0 Å². The molecular weight excluding hydrogens is 298 g/mol. The van der Waals surface area contributed by atoms with Crippen LogP contribution in [0.5, 0.6) is 5.88 Å². The molecule has 0 unspecified atom stereocenters. The molecule has 0 atom stereocenters. The van der Waals surface area contributed by atoms with Crippen molar-refractivity contribution in [1.82, 2.24) is 4.98 Å². The van der Waals surface area contributed by atoms with Gasteiger partial charge in [-0.3, -0.25) is 4.79 Å². The van der Waals surface area contributed by atoms with Crippen LogP contribution in [-0.4, -0.2) is 29.1 Å². The normalized spacial score (nSPS) is 17.5. The quantitative estimate of drug-likeness (QED) is 0.905. The largest absolute Gasteiger partial charge is 0.492 e. The second-order valence-electron chi connectivity index (χ2n) is 5.51. The maximum atomic E-state index is 12.2. The summed E-state index contributed by atoms with van der Waals surface area (Å²) in [5.74, 6) is -0.369. The number of carbonyl (C=O) groups excluding carboxylic acids is 1. The van der Waals surface area contributed by atoms with E-state index in [2.05, 4.69) is 14.9 Å². The molecule has 1 fully saturated rings. The van der Waals surface area contributed by atoms with Gasteiger partial charge in [0.1, 0.15) is 4.88 Å². The number of hydrogen-bond donors (Lipinski definition) is 1. The minimum absolute atomic E-state index is 0.0687. The molecule has 2 aromatic rings. The first-order valence-corrected chi connectivity index (χ1v) is 8.23.